The Morgan fingerprint density at radius 3 is 2.50 bits per heavy atom. The number of nitrogens with one attached hydrogen (secondary N) is 1. The number of hydrogen-bond acceptors (Lipinski definition) is 3. The highest BCUT2D eigenvalue weighted by Crippen LogP contribution is 2.14. The van der Waals surface area contributed by atoms with Gasteiger partial charge >= 0.3 is 0 Å². The van der Waals surface area contributed by atoms with E-state index in [2.05, 4.69) is 35.0 Å². The maximum Gasteiger partial charge on any atom is 0.119 e. The molecule has 0 unspecified atom stereocenters. The Morgan fingerprint density at radius 2 is 1.89 bits per heavy atom. The van der Waals surface area contributed by atoms with Gasteiger partial charge in [-0.2, -0.15) is 0 Å². The summed E-state index contributed by atoms with van der Waals surface area (Å²) >= 11 is 1.78. The fourth-order valence-electron chi connectivity index (χ4n) is 1.70. The Hall–Kier alpha value is -1.32. The molecule has 18 heavy (non-hydrogen) atoms. The smallest absolute Gasteiger partial charge is 0.119 e. The summed E-state index contributed by atoms with van der Waals surface area (Å²) in [5, 5.41) is 5.54. The van der Waals surface area contributed by atoms with Crippen molar-refractivity contribution < 1.29 is 4.74 Å². The van der Waals surface area contributed by atoms with Crippen LogP contribution < -0.4 is 10.1 Å². The van der Waals surface area contributed by atoms with Gasteiger partial charge in [0.1, 0.15) is 5.75 Å². The molecule has 0 saturated carbocycles. The van der Waals surface area contributed by atoms with E-state index < -0.39 is 0 Å². The summed E-state index contributed by atoms with van der Waals surface area (Å²) in [6.07, 6.45) is 0.229. The summed E-state index contributed by atoms with van der Waals surface area (Å²) in [6, 6.07) is 12.5. The molecular formula is C15H19NOS. The van der Waals surface area contributed by atoms with Crippen LogP contribution in [0.15, 0.2) is 41.8 Å². The first-order chi connectivity index (χ1) is 8.74. The predicted octanol–water partition coefficient (Wildman–Crippen LogP) is 3.83. The number of thiophene rings is 1. The molecule has 1 heterocycles. The van der Waals surface area contributed by atoms with Gasteiger partial charge in [0, 0.05) is 18.0 Å². The van der Waals surface area contributed by atoms with Crippen LogP contribution in [-0.4, -0.2) is 6.10 Å². The average molecular weight is 261 g/mol. The molecule has 0 fully saturated rings. The Balaban J connectivity index is 1.79. The molecule has 96 valence electrons. The lowest BCUT2D eigenvalue weighted by atomic mass is 10.2. The third kappa shape index (κ3) is 4.17. The minimum atomic E-state index is 0.229. The van der Waals surface area contributed by atoms with Crippen LogP contribution in [0.5, 0.6) is 5.75 Å². The molecule has 0 aliphatic rings. The van der Waals surface area contributed by atoms with E-state index in [-0.39, 0.29) is 6.10 Å². The monoisotopic (exact) mass is 261 g/mol. The summed E-state index contributed by atoms with van der Waals surface area (Å²) < 4.78 is 5.61. The zero-order chi connectivity index (χ0) is 12.8. The van der Waals surface area contributed by atoms with Crippen molar-refractivity contribution in [2.24, 2.45) is 0 Å². The van der Waals surface area contributed by atoms with E-state index >= 15 is 0 Å². The van der Waals surface area contributed by atoms with Gasteiger partial charge in [0.2, 0.25) is 0 Å². The molecule has 1 aromatic heterocycles. The minimum Gasteiger partial charge on any atom is -0.491 e. The molecule has 0 radical (unpaired) electrons. The fourth-order valence-corrected chi connectivity index (χ4v) is 2.38. The van der Waals surface area contributed by atoms with Crippen LogP contribution in [0, 0.1) is 0 Å². The van der Waals surface area contributed by atoms with E-state index in [1.807, 2.05) is 26.0 Å². The van der Waals surface area contributed by atoms with Crippen molar-refractivity contribution in [1.29, 1.82) is 0 Å². The maximum absolute atomic E-state index is 5.61. The first-order valence-corrected chi connectivity index (χ1v) is 7.10. The molecule has 0 amide bonds. The number of ether oxygens (including phenoxy) is 1. The zero-order valence-corrected chi connectivity index (χ0v) is 11.7. The number of benzene rings is 1. The lowest BCUT2D eigenvalue weighted by Crippen LogP contribution is -2.11. The quantitative estimate of drug-likeness (QED) is 0.853. The molecule has 2 aromatic rings. The van der Waals surface area contributed by atoms with Crippen LogP contribution in [0.1, 0.15) is 24.3 Å². The van der Waals surface area contributed by atoms with Crippen LogP contribution in [-0.2, 0) is 13.1 Å². The van der Waals surface area contributed by atoms with Crippen molar-refractivity contribution >= 4 is 11.3 Å². The Bertz CT molecular complexity index is 448. The average Bonchev–Trinajstić information content (AvgIpc) is 2.84. The summed E-state index contributed by atoms with van der Waals surface area (Å²) in [4.78, 5) is 1.37. The topological polar surface area (TPSA) is 21.3 Å². The van der Waals surface area contributed by atoms with Gasteiger partial charge < -0.3 is 10.1 Å². The van der Waals surface area contributed by atoms with E-state index in [0.717, 1.165) is 18.8 Å². The van der Waals surface area contributed by atoms with E-state index in [0.29, 0.717) is 0 Å². The van der Waals surface area contributed by atoms with Gasteiger partial charge in [-0.1, -0.05) is 18.2 Å². The predicted molar refractivity (Wildman–Crippen MR) is 77.1 cm³/mol. The van der Waals surface area contributed by atoms with Crippen LogP contribution >= 0.6 is 11.3 Å². The van der Waals surface area contributed by atoms with Crippen LogP contribution in [0.3, 0.4) is 0 Å². The highest BCUT2D eigenvalue weighted by molar-refractivity contribution is 7.09. The normalized spacial score (nSPS) is 10.8. The van der Waals surface area contributed by atoms with Crippen molar-refractivity contribution in [1.82, 2.24) is 5.32 Å². The second kappa shape index (κ2) is 6.57. The highest BCUT2D eigenvalue weighted by atomic mass is 32.1. The summed E-state index contributed by atoms with van der Waals surface area (Å²) in [6.45, 7) is 5.90. The molecule has 0 saturated heterocycles. The standard InChI is InChI=1S/C15H19NOS/c1-12(2)17-14-7-5-13(6-8-14)10-16-11-15-4-3-9-18-15/h3-9,12,16H,10-11H2,1-2H3. The van der Waals surface area contributed by atoms with Gasteiger partial charge in [-0.25, -0.2) is 0 Å². The van der Waals surface area contributed by atoms with Crippen LogP contribution in [0.4, 0.5) is 0 Å². The van der Waals surface area contributed by atoms with Crippen molar-refractivity contribution in [2.45, 2.75) is 33.0 Å². The van der Waals surface area contributed by atoms with Crippen molar-refractivity contribution in [3.63, 3.8) is 0 Å². The molecule has 2 nitrogen and oxygen atoms in total. The molecule has 0 atom stereocenters. The molecule has 3 heteroatoms. The van der Waals surface area contributed by atoms with Crippen molar-refractivity contribution in [2.75, 3.05) is 0 Å². The summed E-state index contributed by atoms with van der Waals surface area (Å²) in [5.41, 5.74) is 1.28. The summed E-state index contributed by atoms with van der Waals surface area (Å²) in [5.74, 6) is 0.937. The second-order valence-corrected chi connectivity index (χ2v) is 5.53. The zero-order valence-electron chi connectivity index (χ0n) is 10.8. The van der Waals surface area contributed by atoms with Gasteiger partial charge in [-0.3, -0.25) is 0 Å². The maximum atomic E-state index is 5.61. The fraction of sp³-hybridized carbons (Fsp3) is 0.333. The van der Waals surface area contributed by atoms with Gasteiger partial charge in [0.25, 0.3) is 0 Å². The molecule has 1 aromatic carbocycles. The number of hydrogen-bond donors (Lipinski definition) is 1. The van der Waals surface area contributed by atoms with E-state index in [1.165, 1.54) is 10.4 Å². The number of rotatable bonds is 6. The highest BCUT2D eigenvalue weighted by Gasteiger charge is 1.98. The van der Waals surface area contributed by atoms with Crippen LogP contribution in [0.2, 0.25) is 0 Å². The lowest BCUT2D eigenvalue weighted by Gasteiger charge is -2.10. The van der Waals surface area contributed by atoms with Gasteiger partial charge in [-0.15, -0.1) is 11.3 Å². The van der Waals surface area contributed by atoms with E-state index in [4.69, 9.17) is 4.74 Å². The van der Waals surface area contributed by atoms with Gasteiger partial charge in [-0.05, 0) is 43.0 Å². The third-order valence-corrected chi connectivity index (χ3v) is 3.38. The van der Waals surface area contributed by atoms with E-state index in [9.17, 15) is 0 Å². The molecule has 0 aliphatic heterocycles. The Labute approximate surface area is 113 Å². The molecule has 0 aliphatic carbocycles. The summed E-state index contributed by atoms with van der Waals surface area (Å²) in [7, 11) is 0. The lowest BCUT2D eigenvalue weighted by molar-refractivity contribution is 0.242. The van der Waals surface area contributed by atoms with E-state index in [1.54, 1.807) is 11.3 Å². The SMILES string of the molecule is CC(C)Oc1ccc(CNCc2cccs2)cc1. The van der Waals surface area contributed by atoms with Gasteiger partial charge in [0.05, 0.1) is 6.10 Å². The molecule has 0 bridgehead atoms. The Kier molecular flexibility index (Phi) is 4.79. The van der Waals surface area contributed by atoms with Crippen molar-refractivity contribution in [3.8, 4) is 5.75 Å². The minimum absolute atomic E-state index is 0.229. The molecular weight excluding hydrogens is 242 g/mol. The van der Waals surface area contributed by atoms with Crippen LogP contribution in [0.25, 0.3) is 0 Å². The first kappa shape index (κ1) is 13.1. The third-order valence-electron chi connectivity index (χ3n) is 2.50. The molecule has 0 spiro atoms. The molecule has 1 N–H and O–H groups in total. The Morgan fingerprint density at radius 1 is 1.11 bits per heavy atom. The second-order valence-electron chi connectivity index (χ2n) is 4.49. The largest absolute Gasteiger partial charge is 0.491 e. The first-order valence-electron chi connectivity index (χ1n) is 6.23. The van der Waals surface area contributed by atoms with Gasteiger partial charge in [0.15, 0.2) is 0 Å². The van der Waals surface area contributed by atoms with Crippen molar-refractivity contribution in [3.05, 3.63) is 52.2 Å². The molecule has 2 rings (SSSR count).